The van der Waals surface area contributed by atoms with Crippen LogP contribution in [0.1, 0.15) is 39.0 Å². The predicted octanol–water partition coefficient (Wildman–Crippen LogP) is 2.29. The SMILES string of the molecule is CCOC1CN(CC2CCCCC2)C1. The second-order valence-corrected chi connectivity index (χ2v) is 4.80. The van der Waals surface area contributed by atoms with Crippen LogP contribution in [-0.2, 0) is 4.74 Å². The molecule has 1 saturated carbocycles. The maximum atomic E-state index is 5.56. The summed E-state index contributed by atoms with van der Waals surface area (Å²) in [6, 6.07) is 0. The topological polar surface area (TPSA) is 12.5 Å². The second-order valence-electron chi connectivity index (χ2n) is 4.80. The van der Waals surface area contributed by atoms with Crippen LogP contribution in [0.25, 0.3) is 0 Å². The second kappa shape index (κ2) is 5.13. The molecule has 14 heavy (non-hydrogen) atoms. The largest absolute Gasteiger partial charge is 0.376 e. The summed E-state index contributed by atoms with van der Waals surface area (Å²) in [5.74, 6) is 0.992. The summed E-state index contributed by atoms with van der Waals surface area (Å²) in [5, 5.41) is 0. The van der Waals surface area contributed by atoms with Gasteiger partial charge in [-0.15, -0.1) is 0 Å². The number of likely N-dealkylation sites (tertiary alicyclic amines) is 1. The lowest BCUT2D eigenvalue weighted by Gasteiger charge is -2.41. The molecule has 1 aliphatic heterocycles. The quantitative estimate of drug-likeness (QED) is 0.685. The lowest BCUT2D eigenvalue weighted by molar-refractivity contribution is -0.0563. The molecule has 0 bridgehead atoms. The molecule has 1 saturated heterocycles. The third-order valence-corrected chi connectivity index (χ3v) is 3.57. The van der Waals surface area contributed by atoms with Gasteiger partial charge in [0, 0.05) is 26.2 Å². The maximum Gasteiger partial charge on any atom is 0.0828 e. The Kier molecular flexibility index (Phi) is 3.82. The summed E-state index contributed by atoms with van der Waals surface area (Å²) in [6.07, 6.45) is 7.88. The average Bonchev–Trinajstić information content (AvgIpc) is 2.16. The van der Waals surface area contributed by atoms with Gasteiger partial charge in [-0.3, -0.25) is 4.90 Å². The summed E-state index contributed by atoms with van der Waals surface area (Å²) in [7, 11) is 0. The van der Waals surface area contributed by atoms with Gasteiger partial charge in [-0.2, -0.15) is 0 Å². The van der Waals surface area contributed by atoms with Crippen molar-refractivity contribution < 1.29 is 4.74 Å². The molecular formula is C12H23NO. The van der Waals surface area contributed by atoms with Crippen LogP contribution < -0.4 is 0 Å². The summed E-state index contributed by atoms with van der Waals surface area (Å²) < 4.78 is 5.56. The first-order valence-electron chi connectivity index (χ1n) is 6.22. The Bertz CT molecular complexity index is 160. The van der Waals surface area contributed by atoms with Crippen LogP contribution in [0.5, 0.6) is 0 Å². The fourth-order valence-corrected chi connectivity index (χ4v) is 2.75. The highest BCUT2D eigenvalue weighted by atomic mass is 16.5. The first-order chi connectivity index (χ1) is 6.88. The van der Waals surface area contributed by atoms with Crippen molar-refractivity contribution in [2.24, 2.45) is 5.92 Å². The molecule has 0 aromatic heterocycles. The van der Waals surface area contributed by atoms with Gasteiger partial charge in [0.2, 0.25) is 0 Å². The molecule has 2 rings (SSSR count). The van der Waals surface area contributed by atoms with Crippen molar-refractivity contribution in [2.45, 2.75) is 45.1 Å². The summed E-state index contributed by atoms with van der Waals surface area (Å²) >= 11 is 0. The number of hydrogen-bond acceptors (Lipinski definition) is 2. The fraction of sp³-hybridized carbons (Fsp3) is 1.00. The van der Waals surface area contributed by atoms with Crippen LogP contribution in [0.2, 0.25) is 0 Å². The first-order valence-corrected chi connectivity index (χ1v) is 6.22. The zero-order valence-corrected chi connectivity index (χ0v) is 9.37. The minimum Gasteiger partial charge on any atom is -0.376 e. The van der Waals surface area contributed by atoms with E-state index >= 15 is 0 Å². The molecule has 0 atom stereocenters. The zero-order valence-electron chi connectivity index (χ0n) is 9.37. The molecule has 2 fully saturated rings. The molecule has 1 aliphatic carbocycles. The third-order valence-electron chi connectivity index (χ3n) is 3.57. The normalized spacial score (nSPS) is 26.4. The van der Waals surface area contributed by atoms with E-state index < -0.39 is 0 Å². The lowest BCUT2D eigenvalue weighted by atomic mass is 9.88. The standard InChI is InChI=1S/C12H23NO/c1-2-14-12-9-13(10-12)8-11-6-4-3-5-7-11/h11-12H,2-10H2,1H3. The van der Waals surface area contributed by atoms with E-state index in [-0.39, 0.29) is 0 Å². The predicted molar refractivity (Wildman–Crippen MR) is 58.4 cm³/mol. The van der Waals surface area contributed by atoms with Gasteiger partial charge in [0.25, 0.3) is 0 Å². The van der Waals surface area contributed by atoms with Crippen molar-refractivity contribution in [3.8, 4) is 0 Å². The highest BCUT2D eigenvalue weighted by Gasteiger charge is 2.28. The molecule has 0 N–H and O–H groups in total. The molecule has 1 heterocycles. The van der Waals surface area contributed by atoms with Gasteiger partial charge < -0.3 is 4.74 Å². The van der Waals surface area contributed by atoms with Crippen molar-refractivity contribution in [3.63, 3.8) is 0 Å². The van der Waals surface area contributed by atoms with Gasteiger partial charge in [-0.05, 0) is 25.7 Å². The summed E-state index contributed by atoms with van der Waals surface area (Å²) in [5.41, 5.74) is 0. The summed E-state index contributed by atoms with van der Waals surface area (Å²) in [6.45, 7) is 6.67. The van der Waals surface area contributed by atoms with Gasteiger partial charge in [-0.1, -0.05) is 19.3 Å². The van der Waals surface area contributed by atoms with Crippen LogP contribution in [-0.4, -0.2) is 37.2 Å². The van der Waals surface area contributed by atoms with Crippen molar-refractivity contribution in [2.75, 3.05) is 26.2 Å². The third kappa shape index (κ3) is 2.71. The molecule has 0 aromatic carbocycles. The molecule has 82 valence electrons. The Morgan fingerprint density at radius 2 is 1.86 bits per heavy atom. The molecule has 0 amide bonds. The van der Waals surface area contributed by atoms with Crippen molar-refractivity contribution in [1.82, 2.24) is 4.90 Å². The highest BCUT2D eigenvalue weighted by molar-refractivity contribution is 4.82. The van der Waals surface area contributed by atoms with Crippen LogP contribution in [0, 0.1) is 5.92 Å². The maximum absolute atomic E-state index is 5.56. The number of ether oxygens (including phenoxy) is 1. The van der Waals surface area contributed by atoms with E-state index in [4.69, 9.17) is 4.74 Å². The highest BCUT2D eigenvalue weighted by Crippen LogP contribution is 2.26. The fourth-order valence-electron chi connectivity index (χ4n) is 2.75. The first kappa shape index (κ1) is 10.4. The van der Waals surface area contributed by atoms with Gasteiger partial charge in [0.15, 0.2) is 0 Å². The monoisotopic (exact) mass is 197 g/mol. The molecule has 0 aromatic rings. The number of nitrogens with zero attached hydrogens (tertiary/aromatic N) is 1. The molecule has 2 aliphatic rings. The molecular weight excluding hydrogens is 174 g/mol. The Morgan fingerprint density at radius 3 is 2.50 bits per heavy atom. The van der Waals surface area contributed by atoms with Gasteiger partial charge in [-0.25, -0.2) is 0 Å². The Labute approximate surface area is 87.6 Å². The van der Waals surface area contributed by atoms with E-state index in [1.165, 1.54) is 51.7 Å². The molecule has 2 nitrogen and oxygen atoms in total. The zero-order chi connectivity index (χ0) is 9.80. The molecule has 0 spiro atoms. The number of rotatable bonds is 4. The van der Waals surface area contributed by atoms with E-state index in [1.54, 1.807) is 0 Å². The molecule has 2 heteroatoms. The Hall–Kier alpha value is -0.0800. The van der Waals surface area contributed by atoms with E-state index in [9.17, 15) is 0 Å². The van der Waals surface area contributed by atoms with E-state index in [0.29, 0.717) is 6.10 Å². The van der Waals surface area contributed by atoms with Gasteiger partial charge in [0.1, 0.15) is 0 Å². The van der Waals surface area contributed by atoms with Crippen LogP contribution >= 0.6 is 0 Å². The lowest BCUT2D eigenvalue weighted by Crippen LogP contribution is -2.53. The summed E-state index contributed by atoms with van der Waals surface area (Å²) in [4.78, 5) is 2.57. The molecule has 0 radical (unpaired) electrons. The minimum absolute atomic E-state index is 0.545. The van der Waals surface area contributed by atoms with Gasteiger partial charge in [0.05, 0.1) is 6.10 Å². The van der Waals surface area contributed by atoms with E-state index in [1.807, 2.05) is 0 Å². The van der Waals surface area contributed by atoms with Crippen molar-refractivity contribution in [3.05, 3.63) is 0 Å². The van der Waals surface area contributed by atoms with Crippen molar-refractivity contribution in [1.29, 1.82) is 0 Å². The van der Waals surface area contributed by atoms with Crippen LogP contribution in [0.3, 0.4) is 0 Å². The van der Waals surface area contributed by atoms with E-state index in [0.717, 1.165) is 12.5 Å². The van der Waals surface area contributed by atoms with Gasteiger partial charge >= 0.3 is 0 Å². The van der Waals surface area contributed by atoms with E-state index in [2.05, 4.69) is 11.8 Å². The smallest absolute Gasteiger partial charge is 0.0828 e. The molecule has 0 unspecified atom stereocenters. The Balaban J connectivity index is 1.58. The average molecular weight is 197 g/mol. The van der Waals surface area contributed by atoms with Crippen LogP contribution in [0.4, 0.5) is 0 Å². The Morgan fingerprint density at radius 1 is 1.14 bits per heavy atom. The van der Waals surface area contributed by atoms with Crippen LogP contribution in [0.15, 0.2) is 0 Å². The minimum atomic E-state index is 0.545. The number of hydrogen-bond donors (Lipinski definition) is 0. The van der Waals surface area contributed by atoms with Crippen molar-refractivity contribution >= 4 is 0 Å².